The summed E-state index contributed by atoms with van der Waals surface area (Å²) < 4.78 is 5.64. The van der Waals surface area contributed by atoms with Gasteiger partial charge in [-0.2, -0.15) is 0 Å². The van der Waals surface area contributed by atoms with Gasteiger partial charge in [0.1, 0.15) is 12.4 Å². The highest BCUT2D eigenvalue weighted by atomic mass is 16.5. The Morgan fingerprint density at radius 1 is 1.26 bits per heavy atom. The van der Waals surface area contributed by atoms with Crippen molar-refractivity contribution < 1.29 is 14.3 Å². The molecule has 5 heteroatoms. The molecule has 0 radical (unpaired) electrons. The Kier molecular flexibility index (Phi) is 6.44. The molecule has 5 nitrogen and oxygen atoms in total. The molecule has 126 valence electrons. The third kappa shape index (κ3) is 6.72. The van der Waals surface area contributed by atoms with E-state index < -0.39 is 0 Å². The molecule has 0 spiro atoms. The van der Waals surface area contributed by atoms with Crippen LogP contribution in [0.4, 0.5) is 0 Å². The zero-order chi connectivity index (χ0) is 16.7. The van der Waals surface area contributed by atoms with Crippen LogP contribution >= 0.6 is 0 Å². The molecule has 0 heterocycles. The minimum Gasteiger partial charge on any atom is -0.491 e. The number of aryl methyl sites for hydroxylation is 1. The van der Waals surface area contributed by atoms with E-state index in [2.05, 4.69) is 10.6 Å². The molecule has 1 aliphatic carbocycles. The molecule has 1 aromatic carbocycles. The Morgan fingerprint density at radius 3 is 2.61 bits per heavy atom. The average Bonchev–Trinajstić information content (AvgIpc) is 3.35. The Hall–Kier alpha value is -2.04. The van der Waals surface area contributed by atoms with Gasteiger partial charge >= 0.3 is 0 Å². The average molecular weight is 318 g/mol. The van der Waals surface area contributed by atoms with E-state index in [1.807, 2.05) is 38.1 Å². The largest absolute Gasteiger partial charge is 0.491 e. The molecule has 0 aliphatic heterocycles. The van der Waals surface area contributed by atoms with Crippen LogP contribution in [0.25, 0.3) is 0 Å². The molecule has 1 aliphatic rings. The van der Waals surface area contributed by atoms with Crippen LogP contribution in [0.3, 0.4) is 0 Å². The molecule has 2 rings (SSSR count). The second kappa shape index (κ2) is 8.56. The summed E-state index contributed by atoms with van der Waals surface area (Å²) >= 11 is 0. The van der Waals surface area contributed by atoms with E-state index in [1.54, 1.807) is 0 Å². The first-order valence-electron chi connectivity index (χ1n) is 8.31. The molecule has 1 aromatic rings. The summed E-state index contributed by atoms with van der Waals surface area (Å²) in [4.78, 5) is 23.3. The molecule has 1 saturated carbocycles. The zero-order valence-electron chi connectivity index (χ0n) is 13.9. The van der Waals surface area contributed by atoms with Crippen molar-refractivity contribution in [1.29, 1.82) is 0 Å². The summed E-state index contributed by atoms with van der Waals surface area (Å²) in [6.07, 6.45) is 3.09. The van der Waals surface area contributed by atoms with Gasteiger partial charge in [-0.05, 0) is 45.2 Å². The number of nitrogens with one attached hydrogen (secondary N) is 2. The van der Waals surface area contributed by atoms with Crippen molar-refractivity contribution in [3.05, 3.63) is 29.8 Å². The first-order chi connectivity index (χ1) is 11.0. The number of benzene rings is 1. The zero-order valence-corrected chi connectivity index (χ0v) is 13.9. The highest BCUT2D eigenvalue weighted by molar-refractivity contribution is 5.81. The maximum atomic E-state index is 11.8. The van der Waals surface area contributed by atoms with E-state index in [0.717, 1.165) is 18.6 Å². The van der Waals surface area contributed by atoms with Crippen LogP contribution in [0, 0.1) is 12.8 Å². The number of hydrogen-bond donors (Lipinski definition) is 2. The fraction of sp³-hybridized carbons (Fsp3) is 0.556. The molecular formula is C18H26N2O3. The highest BCUT2D eigenvalue weighted by Gasteiger charge is 2.28. The summed E-state index contributed by atoms with van der Waals surface area (Å²) in [5.74, 6) is 1.15. The number of carbonyl (C=O) groups excluding carboxylic acids is 2. The van der Waals surface area contributed by atoms with Gasteiger partial charge in [-0.1, -0.05) is 17.7 Å². The van der Waals surface area contributed by atoms with E-state index >= 15 is 0 Å². The predicted octanol–water partition coefficient (Wildman–Crippen LogP) is 2.18. The lowest BCUT2D eigenvalue weighted by Crippen LogP contribution is -2.37. The molecule has 23 heavy (non-hydrogen) atoms. The normalized spacial score (nSPS) is 14.9. The first-order valence-corrected chi connectivity index (χ1v) is 8.31. The maximum absolute atomic E-state index is 11.8. The second-order valence-electron chi connectivity index (χ2n) is 6.26. The quantitative estimate of drug-likeness (QED) is 0.686. The van der Waals surface area contributed by atoms with Gasteiger partial charge in [0.2, 0.25) is 11.8 Å². The molecular weight excluding hydrogens is 292 g/mol. The van der Waals surface area contributed by atoms with Gasteiger partial charge in [0.05, 0.1) is 6.04 Å². The van der Waals surface area contributed by atoms with Crippen molar-refractivity contribution >= 4 is 11.8 Å². The third-order valence-electron chi connectivity index (χ3n) is 3.76. The summed E-state index contributed by atoms with van der Waals surface area (Å²) in [6, 6.07) is 7.78. The van der Waals surface area contributed by atoms with Gasteiger partial charge in [0.15, 0.2) is 0 Å². The van der Waals surface area contributed by atoms with Crippen molar-refractivity contribution in [3.8, 4) is 5.75 Å². The van der Waals surface area contributed by atoms with Crippen molar-refractivity contribution in [1.82, 2.24) is 10.6 Å². The molecule has 0 unspecified atom stereocenters. The van der Waals surface area contributed by atoms with E-state index in [0.29, 0.717) is 26.0 Å². The minimum absolute atomic E-state index is 0.00863. The Balaban J connectivity index is 1.54. The van der Waals surface area contributed by atoms with Gasteiger partial charge in [-0.15, -0.1) is 0 Å². The van der Waals surface area contributed by atoms with Crippen molar-refractivity contribution in [2.24, 2.45) is 5.92 Å². The van der Waals surface area contributed by atoms with Gasteiger partial charge in [-0.25, -0.2) is 0 Å². The Morgan fingerprint density at radius 2 is 1.96 bits per heavy atom. The smallest absolute Gasteiger partial charge is 0.223 e. The molecule has 0 bridgehead atoms. The summed E-state index contributed by atoms with van der Waals surface area (Å²) in [5, 5.41) is 5.77. The van der Waals surface area contributed by atoms with Gasteiger partial charge in [-0.3, -0.25) is 9.59 Å². The Labute approximate surface area is 137 Å². The number of ether oxygens (including phenoxy) is 1. The van der Waals surface area contributed by atoms with Crippen LogP contribution < -0.4 is 15.4 Å². The molecule has 0 aromatic heterocycles. The molecule has 2 amide bonds. The number of hydrogen-bond acceptors (Lipinski definition) is 3. The number of carbonyl (C=O) groups is 2. The minimum atomic E-state index is -0.0511. The lowest BCUT2D eigenvalue weighted by molar-refractivity contribution is -0.124. The lowest BCUT2D eigenvalue weighted by Gasteiger charge is -2.15. The maximum Gasteiger partial charge on any atom is 0.223 e. The van der Waals surface area contributed by atoms with Crippen molar-refractivity contribution in [2.75, 3.05) is 13.2 Å². The first kappa shape index (κ1) is 17.3. The van der Waals surface area contributed by atoms with Gasteiger partial charge < -0.3 is 15.4 Å². The van der Waals surface area contributed by atoms with Crippen LogP contribution in [0.1, 0.15) is 38.2 Å². The van der Waals surface area contributed by atoms with E-state index in [1.165, 1.54) is 5.56 Å². The monoisotopic (exact) mass is 318 g/mol. The fourth-order valence-corrected chi connectivity index (χ4v) is 2.19. The summed E-state index contributed by atoms with van der Waals surface area (Å²) in [7, 11) is 0. The molecule has 1 fully saturated rings. The summed E-state index contributed by atoms with van der Waals surface area (Å²) in [5.41, 5.74) is 1.19. The SMILES string of the molecule is Cc1ccc(OC[C@H](C)NC(=O)CCCNC(=O)C2CC2)cc1. The lowest BCUT2D eigenvalue weighted by atomic mass is 10.2. The van der Waals surface area contributed by atoms with Crippen molar-refractivity contribution in [3.63, 3.8) is 0 Å². The number of amides is 2. The van der Waals surface area contributed by atoms with E-state index in [9.17, 15) is 9.59 Å². The number of rotatable bonds is 9. The molecule has 1 atom stereocenters. The van der Waals surface area contributed by atoms with Crippen LogP contribution in [-0.2, 0) is 9.59 Å². The molecule has 0 saturated heterocycles. The third-order valence-corrected chi connectivity index (χ3v) is 3.76. The van der Waals surface area contributed by atoms with E-state index in [-0.39, 0.29) is 23.8 Å². The van der Waals surface area contributed by atoms with Gasteiger partial charge in [0, 0.05) is 18.9 Å². The predicted molar refractivity (Wildman–Crippen MR) is 89.2 cm³/mol. The topological polar surface area (TPSA) is 67.4 Å². The summed E-state index contributed by atoms with van der Waals surface area (Å²) in [6.45, 7) is 4.95. The van der Waals surface area contributed by atoms with Gasteiger partial charge in [0.25, 0.3) is 0 Å². The van der Waals surface area contributed by atoms with Crippen LogP contribution in [0.15, 0.2) is 24.3 Å². The van der Waals surface area contributed by atoms with Crippen LogP contribution in [0.5, 0.6) is 5.75 Å². The van der Waals surface area contributed by atoms with E-state index in [4.69, 9.17) is 4.74 Å². The highest BCUT2D eigenvalue weighted by Crippen LogP contribution is 2.28. The van der Waals surface area contributed by atoms with Crippen LogP contribution in [-0.4, -0.2) is 31.0 Å². The fourth-order valence-electron chi connectivity index (χ4n) is 2.19. The Bertz CT molecular complexity index is 524. The van der Waals surface area contributed by atoms with Crippen molar-refractivity contribution in [2.45, 2.75) is 45.6 Å². The van der Waals surface area contributed by atoms with Crippen LogP contribution in [0.2, 0.25) is 0 Å². The standard InChI is InChI=1S/C18H26N2O3/c1-13-5-9-16(10-6-13)23-12-14(2)20-17(21)4-3-11-19-18(22)15-7-8-15/h5-6,9-10,14-15H,3-4,7-8,11-12H2,1-2H3,(H,19,22)(H,20,21)/t14-/m0/s1. The molecule has 2 N–H and O–H groups in total. The second-order valence-corrected chi connectivity index (χ2v) is 6.26.